The number of carbonyl (C=O) groups is 2. The third-order valence-corrected chi connectivity index (χ3v) is 4.15. The van der Waals surface area contributed by atoms with Gasteiger partial charge < -0.3 is 15.2 Å². The van der Waals surface area contributed by atoms with Gasteiger partial charge in [-0.1, -0.05) is 17.3 Å². The van der Waals surface area contributed by atoms with Gasteiger partial charge in [0.2, 0.25) is 11.7 Å². The summed E-state index contributed by atoms with van der Waals surface area (Å²) in [4.78, 5) is 25.4. The second kappa shape index (κ2) is 8.53. The zero-order valence-electron chi connectivity index (χ0n) is 16.2. The normalized spacial score (nSPS) is 10.6. The van der Waals surface area contributed by atoms with Crippen molar-refractivity contribution in [2.75, 3.05) is 10.6 Å². The molecule has 0 aliphatic rings. The Balaban J connectivity index is 1.38. The van der Waals surface area contributed by atoms with Gasteiger partial charge in [0.15, 0.2) is 5.82 Å². The van der Waals surface area contributed by atoms with Crippen molar-refractivity contribution in [1.29, 1.82) is 0 Å². The van der Waals surface area contributed by atoms with E-state index in [0.29, 0.717) is 28.7 Å². The molecular weight excluding hydrogens is 405 g/mol. The summed E-state index contributed by atoms with van der Waals surface area (Å²) in [5, 5.41) is 20.8. The molecule has 0 aliphatic carbocycles. The van der Waals surface area contributed by atoms with E-state index in [1.165, 1.54) is 18.2 Å². The molecule has 0 unspecified atom stereocenters. The zero-order valence-corrected chi connectivity index (χ0v) is 16.2. The number of tetrazole rings is 1. The van der Waals surface area contributed by atoms with Crippen molar-refractivity contribution in [3.63, 3.8) is 0 Å². The molecule has 2 aromatic heterocycles. The van der Waals surface area contributed by atoms with Crippen molar-refractivity contribution < 1.29 is 18.5 Å². The first kappa shape index (κ1) is 19.9. The monoisotopic (exact) mass is 421 g/mol. The summed E-state index contributed by atoms with van der Waals surface area (Å²) in [7, 11) is 0. The van der Waals surface area contributed by atoms with E-state index < -0.39 is 11.7 Å². The number of amides is 2. The van der Waals surface area contributed by atoms with E-state index in [9.17, 15) is 14.0 Å². The number of halogens is 1. The molecule has 0 spiro atoms. The highest BCUT2D eigenvalue weighted by Crippen LogP contribution is 2.18. The van der Waals surface area contributed by atoms with Gasteiger partial charge in [0.1, 0.15) is 18.1 Å². The molecule has 0 aliphatic heterocycles. The van der Waals surface area contributed by atoms with E-state index in [1.54, 1.807) is 43.3 Å². The van der Waals surface area contributed by atoms with Gasteiger partial charge in [-0.25, -0.2) is 4.39 Å². The van der Waals surface area contributed by atoms with Crippen LogP contribution < -0.4 is 10.6 Å². The summed E-state index contributed by atoms with van der Waals surface area (Å²) < 4.78 is 18.6. The molecule has 2 amide bonds. The number of rotatable bonds is 6. The Morgan fingerprint density at radius 1 is 1.10 bits per heavy atom. The Morgan fingerprint density at radius 2 is 1.87 bits per heavy atom. The van der Waals surface area contributed by atoms with E-state index >= 15 is 0 Å². The maximum Gasteiger partial charge on any atom is 0.258 e. The number of aryl methyl sites for hydroxylation is 1. The number of nitrogens with one attached hydrogen (secondary N) is 2. The molecule has 156 valence electrons. The van der Waals surface area contributed by atoms with Gasteiger partial charge in [0.05, 0.1) is 5.56 Å². The number of hydrogen-bond donors (Lipinski definition) is 2. The molecule has 31 heavy (non-hydrogen) atoms. The minimum Gasteiger partial charge on any atom is -0.360 e. The predicted octanol–water partition coefficient (Wildman–Crippen LogP) is 2.67. The van der Waals surface area contributed by atoms with Gasteiger partial charge in [0, 0.05) is 17.3 Å². The van der Waals surface area contributed by atoms with Crippen LogP contribution in [0.2, 0.25) is 0 Å². The molecule has 0 saturated carbocycles. The van der Waals surface area contributed by atoms with E-state index in [-0.39, 0.29) is 18.0 Å². The average molecular weight is 421 g/mol. The first-order valence-electron chi connectivity index (χ1n) is 9.15. The fourth-order valence-corrected chi connectivity index (χ4v) is 2.71. The highest BCUT2D eigenvalue weighted by atomic mass is 19.1. The van der Waals surface area contributed by atoms with Crippen LogP contribution in [0.15, 0.2) is 59.1 Å². The Kier molecular flexibility index (Phi) is 5.47. The molecule has 2 aromatic carbocycles. The van der Waals surface area contributed by atoms with Crippen molar-refractivity contribution in [3.8, 4) is 11.4 Å². The number of hydrogen-bond acceptors (Lipinski definition) is 7. The van der Waals surface area contributed by atoms with Gasteiger partial charge in [0.25, 0.3) is 5.91 Å². The third-order valence-electron chi connectivity index (χ3n) is 4.15. The maximum absolute atomic E-state index is 13.7. The van der Waals surface area contributed by atoms with E-state index in [2.05, 4.69) is 31.2 Å². The third kappa shape index (κ3) is 4.78. The van der Waals surface area contributed by atoms with Gasteiger partial charge in [-0.3, -0.25) is 9.59 Å². The second-order valence-corrected chi connectivity index (χ2v) is 6.53. The summed E-state index contributed by atoms with van der Waals surface area (Å²) >= 11 is 0. The van der Waals surface area contributed by atoms with Crippen LogP contribution in [0.1, 0.15) is 16.1 Å². The van der Waals surface area contributed by atoms with Crippen LogP contribution in [0, 0.1) is 12.7 Å². The number of anilines is 2. The number of aromatic nitrogens is 5. The van der Waals surface area contributed by atoms with Gasteiger partial charge in [-0.05, 0) is 48.5 Å². The minimum atomic E-state index is -0.597. The molecule has 0 fully saturated rings. The van der Waals surface area contributed by atoms with Crippen LogP contribution >= 0.6 is 0 Å². The summed E-state index contributed by atoms with van der Waals surface area (Å²) in [6.45, 7) is 1.56. The molecule has 2 heterocycles. The topological polar surface area (TPSA) is 128 Å². The lowest BCUT2D eigenvalue weighted by molar-refractivity contribution is -0.117. The number of benzene rings is 2. The molecule has 2 N–H and O–H groups in total. The fraction of sp³-hybridized carbons (Fsp3) is 0.100. The molecule has 11 heteroatoms. The van der Waals surface area contributed by atoms with E-state index in [4.69, 9.17) is 4.52 Å². The lowest BCUT2D eigenvalue weighted by Gasteiger charge is -2.06. The standard InChI is InChI=1S/C20H16FN7O3/c1-12-10-17(26-31-12)23-18(29)11-28-25-19(24-27-28)13-6-8-14(9-7-13)22-20(30)15-4-2-3-5-16(15)21/h2-10H,11H2,1H3,(H,22,30)(H,23,26,29). The molecular formula is C20H16FN7O3. The first-order valence-corrected chi connectivity index (χ1v) is 9.15. The van der Waals surface area contributed by atoms with E-state index in [0.717, 1.165) is 4.80 Å². The van der Waals surface area contributed by atoms with Crippen LogP contribution in [0.25, 0.3) is 11.4 Å². The second-order valence-electron chi connectivity index (χ2n) is 6.53. The quantitative estimate of drug-likeness (QED) is 0.490. The Morgan fingerprint density at radius 3 is 2.58 bits per heavy atom. The molecule has 4 rings (SSSR count). The van der Waals surface area contributed by atoms with Gasteiger partial charge in [-0.2, -0.15) is 4.80 Å². The number of carbonyl (C=O) groups excluding carboxylic acids is 2. The molecule has 0 radical (unpaired) electrons. The van der Waals surface area contributed by atoms with E-state index in [1.807, 2.05) is 0 Å². The van der Waals surface area contributed by atoms with Crippen molar-refractivity contribution in [2.45, 2.75) is 13.5 Å². The van der Waals surface area contributed by atoms with Crippen molar-refractivity contribution >= 4 is 23.3 Å². The average Bonchev–Trinajstić information content (AvgIpc) is 3.37. The lowest BCUT2D eigenvalue weighted by Crippen LogP contribution is -2.20. The smallest absolute Gasteiger partial charge is 0.258 e. The van der Waals surface area contributed by atoms with Crippen LogP contribution in [-0.4, -0.2) is 37.2 Å². The fourth-order valence-electron chi connectivity index (χ4n) is 2.71. The Labute approximate surface area is 175 Å². The van der Waals surface area contributed by atoms with Crippen molar-refractivity contribution in [2.24, 2.45) is 0 Å². The molecule has 0 bridgehead atoms. The van der Waals surface area contributed by atoms with Crippen LogP contribution in [0.5, 0.6) is 0 Å². The number of nitrogens with zero attached hydrogens (tertiary/aromatic N) is 5. The minimum absolute atomic E-state index is 0.0461. The Hall–Kier alpha value is -4.41. The van der Waals surface area contributed by atoms with Gasteiger partial charge in [-0.15, -0.1) is 10.2 Å². The predicted molar refractivity (Wildman–Crippen MR) is 107 cm³/mol. The summed E-state index contributed by atoms with van der Waals surface area (Å²) in [6, 6.07) is 13.9. The van der Waals surface area contributed by atoms with Gasteiger partial charge >= 0.3 is 0 Å². The largest absolute Gasteiger partial charge is 0.360 e. The Bertz CT molecular complexity index is 1230. The maximum atomic E-state index is 13.7. The lowest BCUT2D eigenvalue weighted by atomic mass is 10.1. The SMILES string of the molecule is Cc1cc(NC(=O)Cn2nnc(-c3ccc(NC(=O)c4ccccc4F)cc3)n2)no1. The first-order chi connectivity index (χ1) is 15.0. The van der Waals surface area contributed by atoms with Crippen molar-refractivity contribution in [1.82, 2.24) is 25.4 Å². The summed E-state index contributed by atoms with van der Waals surface area (Å²) in [5.41, 5.74) is 1.06. The summed E-state index contributed by atoms with van der Waals surface area (Å²) in [6.07, 6.45) is 0. The van der Waals surface area contributed by atoms with Crippen LogP contribution in [-0.2, 0) is 11.3 Å². The molecule has 4 aromatic rings. The molecule has 0 saturated heterocycles. The molecule has 0 atom stereocenters. The summed E-state index contributed by atoms with van der Waals surface area (Å²) in [5.74, 6) is -0.357. The van der Waals surface area contributed by atoms with Crippen LogP contribution in [0.4, 0.5) is 15.9 Å². The zero-order chi connectivity index (χ0) is 21.8. The van der Waals surface area contributed by atoms with Crippen molar-refractivity contribution in [3.05, 3.63) is 71.7 Å². The highest BCUT2D eigenvalue weighted by molar-refractivity contribution is 6.04. The highest BCUT2D eigenvalue weighted by Gasteiger charge is 2.13. The van der Waals surface area contributed by atoms with Crippen LogP contribution in [0.3, 0.4) is 0 Å². The molecule has 10 nitrogen and oxygen atoms in total.